The molecule has 0 unspecified atom stereocenters. The number of carbonyl (C=O) groups is 1. The van der Waals surface area contributed by atoms with E-state index < -0.39 is 0 Å². The number of hydrogen-bond donors (Lipinski definition) is 0. The standard InChI is InChI=1S/C22H25N3O3S/c1-14-8-9-16-18(10-14)29-21-20(16)22(27)25(13-23-21)12-19(26)24(2)11-15-6-4-5-7-17(15)28-3/h4-7,13-14H,8-12H2,1-3H3/t14-/m0/s1. The molecule has 0 fully saturated rings. The fourth-order valence-corrected chi connectivity index (χ4v) is 5.26. The maximum Gasteiger partial charge on any atom is 0.262 e. The Balaban J connectivity index is 1.56. The Morgan fingerprint density at radius 3 is 2.97 bits per heavy atom. The van der Waals surface area contributed by atoms with Crippen LogP contribution in [0.15, 0.2) is 35.4 Å². The largest absolute Gasteiger partial charge is 0.496 e. The number of ether oxygens (including phenoxy) is 1. The zero-order chi connectivity index (χ0) is 20.5. The van der Waals surface area contributed by atoms with Crippen LogP contribution in [0.4, 0.5) is 0 Å². The van der Waals surface area contributed by atoms with Gasteiger partial charge in [0.15, 0.2) is 0 Å². The van der Waals surface area contributed by atoms with Gasteiger partial charge < -0.3 is 9.64 Å². The van der Waals surface area contributed by atoms with Crippen LogP contribution in [0.25, 0.3) is 10.2 Å². The third-order valence-electron chi connectivity index (χ3n) is 5.61. The van der Waals surface area contributed by atoms with Gasteiger partial charge in [0.1, 0.15) is 17.1 Å². The first kappa shape index (κ1) is 19.6. The number of fused-ring (bicyclic) bond motifs is 3. The van der Waals surface area contributed by atoms with Crippen LogP contribution in [0.1, 0.15) is 29.3 Å². The first-order chi connectivity index (χ1) is 14.0. The minimum Gasteiger partial charge on any atom is -0.496 e. The second-order valence-corrected chi connectivity index (χ2v) is 8.85. The molecule has 1 amide bonds. The monoisotopic (exact) mass is 411 g/mol. The molecule has 152 valence electrons. The van der Waals surface area contributed by atoms with Gasteiger partial charge in [0.25, 0.3) is 5.56 Å². The van der Waals surface area contributed by atoms with Crippen LogP contribution in [0, 0.1) is 5.92 Å². The lowest BCUT2D eigenvalue weighted by atomic mass is 9.89. The van der Waals surface area contributed by atoms with Gasteiger partial charge >= 0.3 is 0 Å². The van der Waals surface area contributed by atoms with Crippen molar-refractivity contribution in [2.45, 2.75) is 39.3 Å². The summed E-state index contributed by atoms with van der Waals surface area (Å²) in [4.78, 5) is 34.0. The molecule has 1 aliphatic rings. The van der Waals surface area contributed by atoms with Crippen molar-refractivity contribution in [1.82, 2.24) is 14.5 Å². The second kappa shape index (κ2) is 7.99. The quantitative estimate of drug-likeness (QED) is 0.647. The molecule has 4 rings (SSSR count). The highest BCUT2D eigenvalue weighted by atomic mass is 32.1. The Morgan fingerprint density at radius 1 is 1.38 bits per heavy atom. The molecule has 1 aromatic carbocycles. The van der Waals surface area contributed by atoms with Crippen LogP contribution < -0.4 is 10.3 Å². The minimum atomic E-state index is -0.142. The van der Waals surface area contributed by atoms with Gasteiger partial charge in [0, 0.05) is 24.0 Å². The zero-order valence-electron chi connectivity index (χ0n) is 17.0. The lowest BCUT2D eigenvalue weighted by Crippen LogP contribution is -2.34. The maximum absolute atomic E-state index is 13.1. The van der Waals surface area contributed by atoms with Crippen LogP contribution in [-0.2, 0) is 30.7 Å². The van der Waals surface area contributed by atoms with E-state index in [9.17, 15) is 9.59 Å². The Bertz CT molecular complexity index is 1120. The van der Waals surface area contributed by atoms with E-state index in [4.69, 9.17) is 4.74 Å². The number of rotatable bonds is 5. The average molecular weight is 412 g/mol. The van der Waals surface area contributed by atoms with Gasteiger partial charge in [-0.3, -0.25) is 14.2 Å². The molecule has 0 radical (unpaired) electrons. The summed E-state index contributed by atoms with van der Waals surface area (Å²) in [7, 11) is 3.35. The van der Waals surface area contributed by atoms with E-state index in [1.54, 1.807) is 30.4 Å². The number of thiophene rings is 1. The van der Waals surface area contributed by atoms with E-state index in [1.807, 2.05) is 24.3 Å². The Hall–Kier alpha value is -2.67. The number of methoxy groups -OCH3 is 1. The Kier molecular flexibility index (Phi) is 5.41. The summed E-state index contributed by atoms with van der Waals surface area (Å²) in [5.74, 6) is 1.24. The van der Waals surface area contributed by atoms with Crippen LogP contribution in [0.5, 0.6) is 5.75 Å². The molecule has 1 aliphatic carbocycles. The van der Waals surface area contributed by atoms with Crippen molar-refractivity contribution in [3.05, 3.63) is 57.0 Å². The van der Waals surface area contributed by atoms with E-state index in [2.05, 4.69) is 11.9 Å². The topological polar surface area (TPSA) is 64.4 Å². The molecule has 6 nitrogen and oxygen atoms in total. The molecule has 2 heterocycles. The van der Waals surface area contributed by atoms with Crippen molar-refractivity contribution < 1.29 is 9.53 Å². The second-order valence-electron chi connectivity index (χ2n) is 7.77. The molecule has 7 heteroatoms. The first-order valence-corrected chi connectivity index (χ1v) is 10.6. The highest BCUT2D eigenvalue weighted by Gasteiger charge is 2.23. The number of nitrogens with zero attached hydrogens (tertiary/aromatic N) is 3. The highest BCUT2D eigenvalue weighted by molar-refractivity contribution is 7.18. The van der Waals surface area contributed by atoms with Crippen molar-refractivity contribution in [2.75, 3.05) is 14.2 Å². The smallest absolute Gasteiger partial charge is 0.262 e. The molecule has 1 atom stereocenters. The van der Waals surface area contributed by atoms with Crippen LogP contribution in [-0.4, -0.2) is 34.5 Å². The predicted octanol–water partition coefficient (Wildman–Crippen LogP) is 3.25. The summed E-state index contributed by atoms with van der Waals surface area (Å²) in [6, 6.07) is 7.61. The van der Waals surface area contributed by atoms with Gasteiger partial charge in [-0.2, -0.15) is 0 Å². The van der Waals surface area contributed by atoms with Gasteiger partial charge in [-0.15, -0.1) is 11.3 Å². The average Bonchev–Trinajstić information content (AvgIpc) is 3.08. The lowest BCUT2D eigenvalue weighted by Gasteiger charge is -2.19. The fourth-order valence-electron chi connectivity index (χ4n) is 3.92. The summed E-state index contributed by atoms with van der Waals surface area (Å²) in [6.07, 6.45) is 4.52. The van der Waals surface area contributed by atoms with Gasteiger partial charge in [0.2, 0.25) is 5.91 Å². The number of aromatic nitrogens is 2. The minimum absolute atomic E-state index is 0.0194. The van der Waals surface area contributed by atoms with E-state index in [-0.39, 0.29) is 18.0 Å². The number of aryl methyl sites for hydroxylation is 1. The van der Waals surface area contributed by atoms with Crippen molar-refractivity contribution in [2.24, 2.45) is 5.92 Å². The van der Waals surface area contributed by atoms with Gasteiger partial charge in [-0.25, -0.2) is 4.98 Å². The van der Waals surface area contributed by atoms with Gasteiger partial charge in [-0.1, -0.05) is 25.1 Å². The molecule has 0 bridgehead atoms. The Morgan fingerprint density at radius 2 is 2.17 bits per heavy atom. The van der Waals surface area contributed by atoms with E-state index in [1.165, 1.54) is 15.8 Å². The number of hydrogen-bond acceptors (Lipinski definition) is 5. The molecule has 0 spiro atoms. The number of likely N-dealkylation sites (N-methyl/N-ethyl adjacent to an activating group) is 1. The van der Waals surface area contributed by atoms with Gasteiger partial charge in [-0.05, 0) is 36.8 Å². The number of amides is 1. The van der Waals surface area contributed by atoms with Crippen LogP contribution >= 0.6 is 11.3 Å². The first-order valence-electron chi connectivity index (χ1n) is 9.83. The molecule has 3 aromatic rings. The summed E-state index contributed by atoms with van der Waals surface area (Å²) in [5.41, 5.74) is 1.96. The lowest BCUT2D eigenvalue weighted by molar-refractivity contribution is -0.131. The molecule has 0 N–H and O–H groups in total. The van der Waals surface area contributed by atoms with Gasteiger partial charge in [0.05, 0.1) is 18.8 Å². The molecule has 2 aromatic heterocycles. The zero-order valence-corrected chi connectivity index (χ0v) is 17.8. The molecule has 0 saturated carbocycles. The number of carbonyl (C=O) groups excluding carboxylic acids is 1. The van der Waals surface area contributed by atoms with E-state index in [0.717, 1.165) is 41.0 Å². The normalized spacial score (nSPS) is 15.9. The van der Waals surface area contributed by atoms with Crippen LogP contribution in [0.3, 0.4) is 0 Å². The highest BCUT2D eigenvalue weighted by Crippen LogP contribution is 2.35. The van der Waals surface area contributed by atoms with Crippen molar-refractivity contribution in [1.29, 1.82) is 0 Å². The molecule has 0 aliphatic heterocycles. The van der Waals surface area contributed by atoms with Crippen molar-refractivity contribution in [3.8, 4) is 5.75 Å². The van der Waals surface area contributed by atoms with Crippen molar-refractivity contribution in [3.63, 3.8) is 0 Å². The third-order valence-corrected chi connectivity index (χ3v) is 6.78. The predicted molar refractivity (Wildman–Crippen MR) is 115 cm³/mol. The van der Waals surface area contributed by atoms with Crippen LogP contribution in [0.2, 0.25) is 0 Å². The van der Waals surface area contributed by atoms with E-state index in [0.29, 0.717) is 17.8 Å². The fraction of sp³-hybridized carbons (Fsp3) is 0.409. The maximum atomic E-state index is 13.1. The molecule has 0 saturated heterocycles. The number of para-hydroxylation sites is 1. The van der Waals surface area contributed by atoms with E-state index >= 15 is 0 Å². The summed E-state index contributed by atoms with van der Waals surface area (Å²) < 4.78 is 6.80. The summed E-state index contributed by atoms with van der Waals surface area (Å²) in [5, 5.41) is 0.708. The summed E-state index contributed by atoms with van der Waals surface area (Å²) >= 11 is 1.62. The molecule has 29 heavy (non-hydrogen) atoms. The third kappa shape index (κ3) is 3.79. The number of benzene rings is 1. The molecular weight excluding hydrogens is 386 g/mol. The summed E-state index contributed by atoms with van der Waals surface area (Å²) in [6.45, 7) is 2.64. The van der Waals surface area contributed by atoms with Crippen molar-refractivity contribution >= 4 is 27.5 Å². The molecular formula is C22H25N3O3S. The Labute approximate surface area is 173 Å². The SMILES string of the molecule is COc1ccccc1CN(C)C(=O)Cn1cnc2sc3c(c2c1=O)CC[C@H](C)C3.